The van der Waals surface area contributed by atoms with Crippen molar-refractivity contribution in [3.05, 3.63) is 44.3 Å². The van der Waals surface area contributed by atoms with Crippen LogP contribution in [0.2, 0.25) is 0 Å². The second kappa shape index (κ2) is 9.20. The molecule has 0 atom stereocenters. The first-order valence-electron chi connectivity index (χ1n) is 9.85. The van der Waals surface area contributed by atoms with E-state index < -0.39 is 0 Å². The summed E-state index contributed by atoms with van der Waals surface area (Å²) < 4.78 is 6.32. The maximum Gasteiger partial charge on any atom is 0.265 e. The Morgan fingerprint density at radius 2 is 1.96 bits per heavy atom. The van der Waals surface area contributed by atoms with Crippen molar-refractivity contribution in [2.75, 3.05) is 39.8 Å². The van der Waals surface area contributed by atoms with Gasteiger partial charge in [0.25, 0.3) is 5.56 Å². The molecule has 0 spiro atoms. The quantitative estimate of drug-likeness (QED) is 0.732. The average Bonchev–Trinajstić information content (AvgIpc) is 2.67. The van der Waals surface area contributed by atoms with Crippen LogP contribution in [0, 0.1) is 0 Å². The summed E-state index contributed by atoms with van der Waals surface area (Å²) >= 11 is 3.37. The van der Waals surface area contributed by atoms with Crippen LogP contribution in [0.15, 0.2) is 27.5 Å². The lowest BCUT2D eigenvalue weighted by molar-refractivity contribution is 0.148. The molecule has 7 heteroatoms. The number of nitrogens with zero attached hydrogens (tertiary/aromatic N) is 3. The third-order valence-corrected chi connectivity index (χ3v) is 5.80. The van der Waals surface area contributed by atoms with Gasteiger partial charge in [0.1, 0.15) is 16.0 Å². The lowest BCUT2D eigenvalue weighted by Gasteiger charge is -2.32. The topological polar surface area (TPSA) is 61.5 Å². The lowest BCUT2D eigenvalue weighted by atomic mass is 10.1. The van der Waals surface area contributed by atoms with Crippen molar-refractivity contribution >= 4 is 15.9 Å². The molecule has 1 N–H and O–H groups in total. The van der Waals surface area contributed by atoms with E-state index in [0.717, 1.165) is 49.7 Å². The molecule has 152 valence electrons. The first kappa shape index (κ1) is 21.0. The fraction of sp³-hybridized carbons (Fsp3) is 0.524. The van der Waals surface area contributed by atoms with Gasteiger partial charge in [0, 0.05) is 32.7 Å². The molecule has 2 heterocycles. The molecule has 1 aliphatic heterocycles. The number of nitrogens with one attached hydrogen (secondary N) is 1. The van der Waals surface area contributed by atoms with Crippen molar-refractivity contribution in [3.63, 3.8) is 0 Å². The number of aromatic nitrogens is 2. The predicted octanol–water partition coefficient (Wildman–Crippen LogP) is 3.47. The summed E-state index contributed by atoms with van der Waals surface area (Å²) in [5.74, 6) is 1.44. The maximum absolute atomic E-state index is 12.4. The Kier molecular flexibility index (Phi) is 6.91. The summed E-state index contributed by atoms with van der Waals surface area (Å²) in [6, 6.07) is 6.19. The first-order chi connectivity index (χ1) is 13.4. The van der Waals surface area contributed by atoms with Crippen molar-refractivity contribution in [2.45, 2.75) is 33.2 Å². The molecule has 6 nitrogen and oxygen atoms in total. The van der Waals surface area contributed by atoms with E-state index in [1.165, 1.54) is 5.56 Å². The second-order valence-corrected chi connectivity index (χ2v) is 8.40. The van der Waals surface area contributed by atoms with Crippen molar-refractivity contribution in [2.24, 2.45) is 0 Å². The van der Waals surface area contributed by atoms with Crippen molar-refractivity contribution in [1.82, 2.24) is 19.8 Å². The van der Waals surface area contributed by atoms with Gasteiger partial charge in [-0.25, -0.2) is 4.98 Å². The third kappa shape index (κ3) is 4.82. The van der Waals surface area contributed by atoms with Gasteiger partial charge in [-0.1, -0.05) is 19.9 Å². The molecule has 1 aliphatic rings. The third-order valence-electron chi connectivity index (χ3n) is 5.04. The maximum atomic E-state index is 12.4. The number of hydrogen-bond acceptors (Lipinski definition) is 5. The SMILES string of the molecule is CCOc1ccc(CN2CCN(C)CC2)cc1-c1nc(C(C)C)c(Br)c(=O)[nH]1. The van der Waals surface area contributed by atoms with Gasteiger partial charge in [-0.15, -0.1) is 0 Å². The lowest BCUT2D eigenvalue weighted by Crippen LogP contribution is -2.43. The highest BCUT2D eigenvalue weighted by atomic mass is 79.9. The highest BCUT2D eigenvalue weighted by Crippen LogP contribution is 2.31. The largest absolute Gasteiger partial charge is 0.493 e. The molecule has 0 amide bonds. The van der Waals surface area contributed by atoms with Crippen LogP contribution in [0.1, 0.15) is 37.9 Å². The number of aromatic amines is 1. The molecule has 0 saturated carbocycles. The Balaban J connectivity index is 1.97. The molecular weight excluding hydrogens is 420 g/mol. The normalized spacial score (nSPS) is 15.9. The molecular formula is C21H29BrN4O2. The smallest absolute Gasteiger partial charge is 0.265 e. The zero-order chi connectivity index (χ0) is 20.3. The fourth-order valence-electron chi connectivity index (χ4n) is 3.39. The molecule has 0 aliphatic carbocycles. The van der Waals surface area contributed by atoms with Crippen molar-refractivity contribution in [3.8, 4) is 17.1 Å². The summed E-state index contributed by atoms with van der Waals surface area (Å²) in [6.07, 6.45) is 0. The van der Waals surface area contributed by atoms with Crippen LogP contribution in [-0.2, 0) is 6.54 Å². The number of likely N-dealkylation sites (N-methyl/N-ethyl adjacent to an activating group) is 1. The predicted molar refractivity (Wildman–Crippen MR) is 116 cm³/mol. The Hall–Kier alpha value is -1.70. The minimum absolute atomic E-state index is 0.138. The monoisotopic (exact) mass is 448 g/mol. The average molecular weight is 449 g/mol. The van der Waals surface area contributed by atoms with E-state index in [1.807, 2.05) is 26.8 Å². The van der Waals surface area contributed by atoms with Gasteiger partial charge in [0.05, 0.1) is 17.9 Å². The van der Waals surface area contributed by atoms with E-state index in [-0.39, 0.29) is 11.5 Å². The first-order valence-corrected chi connectivity index (χ1v) is 10.6. The Bertz CT molecular complexity index is 873. The van der Waals surface area contributed by atoms with Gasteiger partial charge >= 0.3 is 0 Å². The molecule has 1 aromatic heterocycles. The second-order valence-electron chi connectivity index (χ2n) is 7.61. The van der Waals surface area contributed by atoms with Crippen LogP contribution < -0.4 is 10.3 Å². The fourth-order valence-corrected chi connectivity index (χ4v) is 4.04. The van der Waals surface area contributed by atoms with Gasteiger partial charge in [0.2, 0.25) is 0 Å². The van der Waals surface area contributed by atoms with Gasteiger partial charge < -0.3 is 14.6 Å². The van der Waals surface area contributed by atoms with E-state index in [0.29, 0.717) is 16.9 Å². The summed E-state index contributed by atoms with van der Waals surface area (Å²) in [5, 5.41) is 0. The van der Waals surface area contributed by atoms with Crippen LogP contribution in [0.25, 0.3) is 11.4 Å². The van der Waals surface area contributed by atoms with Crippen molar-refractivity contribution in [1.29, 1.82) is 0 Å². The molecule has 2 aromatic rings. The van der Waals surface area contributed by atoms with Crippen LogP contribution >= 0.6 is 15.9 Å². The number of benzene rings is 1. The molecule has 0 radical (unpaired) electrons. The summed E-state index contributed by atoms with van der Waals surface area (Å²) in [5.41, 5.74) is 2.62. The minimum Gasteiger partial charge on any atom is -0.493 e. The van der Waals surface area contributed by atoms with Gasteiger partial charge in [-0.3, -0.25) is 9.69 Å². The van der Waals surface area contributed by atoms with E-state index in [9.17, 15) is 4.79 Å². The number of ether oxygens (including phenoxy) is 1. The minimum atomic E-state index is -0.166. The molecule has 0 bridgehead atoms. The molecule has 0 unspecified atom stereocenters. The summed E-state index contributed by atoms with van der Waals surface area (Å²) in [7, 11) is 2.16. The Morgan fingerprint density at radius 1 is 1.25 bits per heavy atom. The van der Waals surface area contributed by atoms with Crippen molar-refractivity contribution < 1.29 is 4.74 Å². The highest BCUT2D eigenvalue weighted by Gasteiger charge is 2.18. The summed E-state index contributed by atoms with van der Waals surface area (Å²) in [4.78, 5) is 24.9. The molecule has 3 rings (SSSR count). The number of halogens is 1. The molecule has 1 fully saturated rings. The van der Waals surface area contributed by atoms with E-state index in [4.69, 9.17) is 9.72 Å². The standard InChI is InChI=1S/C21H29BrN4O2/c1-5-28-17-7-6-15(13-26-10-8-25(4)9-11-26)12-16(17)20-23-19(14(2)3)18(22)21(27)24-20/h6-7,12,14H,5,8-11,13H2,1-4H3,(H,23,24,27). The van der Waals surface area contributed by atoms with E-state index >= 15 is 0 Å². The highest BCUT2D eigenvalue weighted by molar-refractivity contribution is 9.10. The van der Waals surface area contributed by atoms with Crippen LogP contribution in [-0.4, -0.2) is 59.6 Å². The van der Waals surface area contributed by atoms with Crippen LogP contribution in [0.3, 0.4) is 0 Å². The van der Waals surface area contributed by atoms with Gasteiger partial charge in [-0.2, -0.15) is 0 Å². The number of H-pyrrole nitrogens is 1. The number of hydrogen-bond donors (Lipinski definition) is 1. The van der Waals surface area contributed by atoms with Gasteiger partial charge in [-0.05, 0) is 53.5 Å². The zero-order valence-corrected chi connectivity index (χ0v) is 18.7. The molecule has 1 saturated heterocycles. The zero-order valence-electron chi connectivity index (χ0n) is 17.1. The van der Waals surface area contributed by atoms with Crippen LogP contribution in [0.4, 0.5) is 0 Å². The summed E-state index contributed by atoms with van der Waals surface area (Å²) in [6.45, 7) is 11.8. The van der Waals surface area contributed by atoms with E-state index in [1.54, 1.807) is 0 Å². The Morgan fingerprint density at radius 3 is 2.61 bits per heavy atom. The Labute approximate surface area is 175 Å². The van der Waals surface area contributed by atoms with Gasteiger partial charge in [0.15, 0.2) is 0 Å². The molecule has 28 heavy (non-hydrogen) atoms. The van der Waals surface area contributed by atoms with E-state index in [2.05, 4.69) is 49.9 Å². The van der Waals surface area contributed by atoms with Crippen LogP contribution in [0.5, 0.6) is 5.75 Å². The number of rotatable bonds is 6. The number of piperazine rings is 1. The molecule has 1 aromatic carbocycles.